The maximum atomic E-state index is 12.3. The van der Waals surface area contributed by atoms with E-state index in [2.05, 4.69) is 5.32 Å². The van der Waals surface area contributed by atoms with Gasteiger partial charge in [-0.05, 0) is 36.8 Å². The molecule has 9 heteroatoms. The Bertz CT molecular complexity index is 976. The van der Waals surface area contributed by atoms with E-state index in [1.54, 1.807) is 37.3 Å². The molecule has 0 aliphatic heterocycles. The van der Waals surface area contributed by atoms with E-state index in [1.165, 1.54) is 30.3 Å². The predicted molar refractivity (Wildman–Crippen MR) is 104 cm³/mol. The highest BCUT2D eigenvalue weighted by atomic mass is 16.6. The number of rotatable bonds is 8. The third-order valence-electron chi connectivity index (χ3n) is 3.53. The summed E-state index contributed by atoms with van der Waals surface area (Å²) in [5.74, 6) is -0.758. The summed E-state index contributed by atoms with van der Waals surface area (Å²) in [4.78, 5) is 33.8. The van der Waals surface area contributed by atoms with Gasteiger partial charge in [-0.15, -0.1) is 0 Å². The Labute approximate surface area is 166 Å². The number of amides is 1. The first-order chi connectivity index (χ1) is 13.9. The Balaban J connectivity index is 2.06. The standard InChI is InChI=1S/C20H17N3O6/c1-2-28-19(24)13-29-18-8-6-14(7-9-18)10-15(12-21)20(25)22-16-4-3-5-17(11-16)23(26)27/h3-11H,2,13H2,1H3,(H,22,25)/b15-10+. The first-order valence-corrected chi connectivity index (χ1v) is 8.49. The molecule has 0 saturated carbocycles. The Kier molecular flexibility index (Phi) is 7.44. The van der Waals surface area contributed by atoms with Crippen molar-refractivity contribution in [1.29, 1.82) is 5.26 Å². The van der Waals surface area contributed by atoms with Crippen molar-refractivity contribution < 1.29 is 24.0 Å². The molecule has 1 N–H and O–H groups in total. The van der Waals surface area contributed by atoms with Crippen molar-refractivity contribution in [3.05, 3.63) is 69.8 Å². The lowest BCUT2D eigenvalue weighted by Crippen LogP contribution is -2.14. The number of anilines is 1. The number of nitro groups is 1. The van der Waals surface area contributed by atoms with E-state index >= 15 is 0 Å². The Hall–Kier alpha value is -4.19. The van der Waals surface area contributed by atoms with Crippen LogP contribution in [0.1, 0.15) is 12.5 Å². The molecule has 0 atom stereocenters. The van der Waals surface area contributed by atoms with Gasteiger partial charge < -0.3 is 14.8 Å². The van der Waals surface area contributed by atoms with Crippen LogP contribution in [0.25, 0.3) is 6.08 Å². The molecule has 0 aliphatic rings. The van der Waals surface area contributed by atoms with Crippen molar-refractivity contribution in [2.75, 3.05) is 18.5 Å². The van der Waals surface area contributed by atoms with E-state index in [0.717, 1.165) is 0 Å². The molecule has 2 aromatic rings. The quantitative estimate of drug-likeness (QED) is 0.239. The van der Waals surface area contributed by atoms with Crippen LogP contribution in [0.5, 0.6) is 5.75 Å². The van der Waals surface area contributed by atoms with Gasteiger partial charge in [-0.25, -0.2) is 4.79 Å². The van der Waals surface area contributed by atoms with Crippen LogP contribution < -0.4 is 10.1 Å². The van der Waals surface area contributed by atoms with Crippen LogP contribution in [0.15, 0.2) is 54.1 Å². The number of ether oxygens (including phenoxy) is 2. The van der Waals surface area contributed by atoms with Gasteiger partial charge in [-0.2, -0.15) is 5.26 Å². The molecule has 0 unspecified atom stereocenters. The molecule has 29 heavy (non-hydrogen) atoms. The lowest BCUT2D eigenvalue weighted by Gasteiger charge is -2.06. The smallest absolute Gasteiger partial charge is 0.344 e. The number of esters is 1. The van der Waals surface area contributed by atoms with Gasteiger partial charge >= 0.3 is 5.97 Å². The largest absolute Gasteiger partial charge is 0.482 e. The number of carbonyl (C=O) groups is 2. The number of hydrogen-bond acceptors (Lipinski definition) is 7. The molecule has 2 aromatic carbocycles. The van der Waals surface area contributed by atoms with Crippen LogP contribution in [0.4, 0.5) is 11.4 Å². The molecule has 0 heterocycles. The third kappa shape index (κ3) is 6.48. The highest BCUT2D eigenvalue weighted by Crippen LogP contribution is 2.19. The summed E-state index contributed by atoms with van der Waals surface area (Å²) >= 11 is 0. The third-order valence-corrected chi connectivity index (χ3v) is 3.53. The topological polar surface area (TPSA) is 132 Å². The van der Waals surface area contributed by atoms with Gasteiger partial charge in [0, 0.05) is 17.8 Å². The summed E-state index contributed by atoms with van der Waals surface area (Å²) < 4.78 is 10.0. The van der Waals surface area contributed by atoms with Crippen LogP contribution in [0, 0.1) is 21.4 Å². The van der Waals surface area contributed by atoms with Gasteiger partial charge in [0.2, 0.25) is 0 Å². The molecule has 0 aliphatic carbocycles. The van der Waals surface area contributed by atoms with E-state index in [1.807, 2.05) is 0 Å². The van der Waals surface area contributed by atoms with Crippen molar-refractivity contribution in [2.45, 2.75) is 6.92 Å². The van der Waals surface area contributed by atoms with Gasteiger partial charge in [-0.1, -0.05) is 18.2 Å². The summed E-state index contributed by atoms with van der Waals surface area (Å²) in [6, 6.07) is 13.6. The van der Waals surface area contributed by atoms with Gasteiger partial charge in [0.25, 0.3) is 11.6 Å². The van der Waals surface area contributed by atoms with Crippen molar-refractivity contribution in [1.82, 2.24) is 0 Å². The highest BCUT2D eigenvalue weighted by Gasteiger charge is 2.12. The summed E-state index contributed by atoms with van der Waals surface area (Å²) in [5, 5.41) is 22.5. The molecule has 9 nitrogen and oxygen atoms in total. The minimum absolute atomic E-state index is 0.177. The average Bonchev–Trinajstić information content (AvgIpc) is 2.71. The molecule has 1 amide bonds. The number of nitrogens with zero attached hydrogens (tertiary/aromatic N) is 2. The number of hydrogen-bond donors (Lipinski definition) is 1. The number of nitrogens with one attached hydrogen (secondary N) is 1. The van der Waals surface area contributed by atoms with Crippen molar-refractivity contribution >= 4 is 29.3 Å². The van der Waals surface area contributed by atoms with Crippen molar-refractivity contribution in [3.63, 3.8) is 0 Å². The average molecular weight is 395 g/mol. The van der Waals surface area contributed by atoms with Crippen LogP contribution in [-0.4, -0.2) is 30.0 Å². The Morgan fingerprint density at radius 1 is 1.24 bits per heavy atom. The zero-order valence-electron chi connectivity index (χ0n) is 15.5. The second-order valence-corrected chi connectivity index (χ2v) is 5.59. The molecule has 148 valence electrons. The normalized spacial score (nSPS) is 10.6. The molecule has 0 spiro atoms. The monoisotopic (exact) mass is 395 g/mol. The second kappa shape index (κ2) is 10.2. The first-order valence-electron chi connectivity index (χ1n) is 8.49. The van der Waals surface area contributed by atoms with Crippen LogP contribution in [-0.2, 0) is 14.3 Å². The molecule has 0 aromatic heterocycles. The number of carbonyl (C=O) groups excluding carboxylic acids is 2. The van der Waals surface area contributed by atoms with E-state index in [-0.39, 0.29) is 30.2 Å². The fourth-order valence-corrected chi connectivity index (χ4v) is 2.22. The molecule has 2 rings (SSSR count). The van der Waals surface area contributed by atoms with E-state index in [9.17, 15) is 25.0 Å². The van der Waals surface area contributed by atoms with E-state index in [0.29, 0.717) is 11.3 Å². The molecule has 0 radical (unpaired) electrons. The molecular weight excluding hydrogens is 378 g/mol. The first kappa shape index (κ1) is 21.1. The highest BCUT2D eigenvalue weighted by molar-refractivity contribution is 6.09. The second-order valence-electron chi connectivity index (χ2n) is 5.59. The van der Waals surface area contributed by atoms with Crippen LogP contribution in [0.2, 0.25) is 0 Å². The fourth-order valence-electron chi connectivity index (χ4n) is 2.22. The predicted octanol–water partition coefficient (Wildman–Crippen LogP) is 3.08. The Morgan fingerprint density at radius 3 is 2.59 bits per heavy atom. The fraction of sp³-hybridized carbons (Fsp3) is 0.150. The maximum Gasteiger partial charge on any atom is 0.344 e. The van der Waals surface area contributed by atoms with Crippen LogP contribution >= 0.6 is 0 Å². The van der Waals surface area contributed by atoms with Crippen molar-refractivity contribution in [3.8, 4) is 11.8 Å². The van der Waals surface area contributed by atoms with Gasteiger partial charge in [-0.3, -0.25) is 14.9 Å². The molecule has 0 saturated heterocycles. The summed E-state index contributed by atoms with van der Waals surface area (Å²) in [7, 11) is 0. The number of nitro benzene ring substituents is 1. The lowest BCUT2D eigenvalue weighted by molar-refractivity contribution is -0.384. The van der Waals surface area contributed by atoms with E-state index < -0.39 is 16.8 Å². The number of non-ortho nitro benzene ring substituents is 1. The summed E-state index contributed by atoms with van der Waals surface area (Å²) in [5.41, 5.74) is 0.396. The minimum Gasteiger partial charge on any atom is -0.482 e. The zero-order chi connectivity index (χ0) is 21.2. The molecular formula is C20H17N3O6. The molecule has 0 bridgehead atoms. The van der Waals surface area contributed by atoms with Crippen LogP contribution in [0.3, 0.4) is 0 Å². The van der Waals surface area contributed by atoms with Gasteiger partial charge in [0.05, 0.1) is 11.5 Å². The molecule has 0 fully saturated rings. The zero-order valence-corrected chi connectivity index (χ0v) is 15.5. The minimum atomic E-state index is -0.698. The maximum absolute atomic E-state index is 12.3. The number of benzene rings is 2. The lowest BCUT2D eigenvalue weighted by atomic mass is 10.1. The Morgan fingerprint density at radius 2 is 1.97 bits per heavy atom. The summed E-state index contributed by atoms with van der Waals surface area (Å²) in [6.45, 7) is 1.74. The van der Waals surface area contributed by atoms with E-state index in [4.69, 9.17) is 9.47 Å². The number of nitriles is 1. The summed E-state index contributed by atoms with van der Waals surface area (Å²) in [6.07, 6.45) is 1.36. The van der Waals surface area contributed by atoms with Gasteiger partial charge in [0.15, 0.2) is 6.61 Å². The van der Waals surface area contributed by atoms with Gasteiger partial charge in [0.1, 0.15) is 17.4 Å². The van der Waals surface area contributed by atoms with Crippen molar-refractivity contribution in [2.24, 2.45) is 0 Å². The SMILES string of the molecule is CCOC(=O)COc1ccc(/C=C(\C#N)C(=O)Nc2cccc([N+](=O)[O-])c2)cc1.